The van der Waals surface area contributed by atoms with E-state index in [1.54, 1.807) is 6.07 Å². The third kappa shape index (κ3) is 1.52. The summed E-state index contributed by atoms with van der Waals surface area (Å²) in [5.41, 5.74) is 3.56. The summed E-state index contributed by atoms with van der Waals surface area (Å²) < 4.78 is 14.1. The largest absolute Gasteiger partial charge is 0.207 e. The molecule has 0 radical (unpaired) electrons. The lowest BCUT2D eigenvalue weighted by molar-refractivity contribution is 0.625. The van der Waals surface area contributed by atoms with Gasteiger partial charge in [0.05, 0.1) is 0 Å². The van der Waals surface area contributed by atoms with E-state index in [-0.39, 0.29) is 5.82 Å². The first-order chi connectivity index (χ1) is 6.59. The molecule has 2 rings (SSSR count). The van der Waals surface area contributed by atoms with Crippen molar-refractivity contribution < 1.29 is 4.39 Å². The van der Waals surface area contributed by atoms with Crippen molar-refractivity contribution in [3.63, 3.8) is 0 Å². The first-order valence-electron chi connectivity index (χ1n) is 4.78. The molecule has 14 heavy (non-hydrogen) atoms. The van der Waals surface area contributed by atoms with Gasteiger partial charge in [-0.15, -0.1) is 0 Å². The fraction of sp³-hybridized carbons (Fsp3) is 0.333. The van der Waals surface area contributed by atoms with Crippen LogP contribution in [0.25, 0.3) is 5.57 Å². The molecule has 0 fully saturated rings. The van der Waals surface area contributed by atoms with E-state index in [1.807, 2.05) is 0 Å². The van der Waals surface area contributed by atoms with Crippen LogP contribution in [0.15, 0.2) is 22.7 Å². The van der Waals surface area contributed by atoms with Crippen molar-refractivity contribution in [1.82, 2.24) is 0 Å². The van der Waals surface area contributed by atoms with Crippen molar-refractivity contribution in [3.8, 4) is 0 Å². The molecule has 0 saturated carbocycles. The third-order valence-corrected chi connectivity index (χ3v) is 3.33. The Kier molecular flexibility index (Phi) is 2.48. The molecule has 0 heterocycles. The Morgan fingerprint density at radius 2 is 2.07 bits per heavy atom. The van der Waals surface area contributed by atoms with E-state index < -0.39 is 0 Å². The molecular weight excluding hydrogens is 243 g/mol. The molecule has 0 aromatic heterocycles. The van der Waals surface area contributed by atoms with Crippen LogP contribution >= 0.6 is 15.9 Å². The highest BCUT2D eigenvalue weighted by Crippen LogP contribution is 2.37. The van der Waals surface area contributed by atoms with Crippen molar-refractivity contribution in [1.29, 1.82) is 0 Å². The molecule has 1 aliphatic carbocycles. The molecule has 1 aromatic rings. The summed E-state index contributed by atoms with van der Waals surface area (Å²) in [4.78, 5) is 0. The summed E-state index contributed by atoms with van der Waals surface area (Å²) in [5.74, 6) is 0.300. The standard InChI is InChI=1S/C12H12BrF/c1-7(2)9-3-4-10-11(9)5-8(14)6-12(10)13/h3,5-7H,4H2,1-2H3. The highest BCUT2D eigenvalue weighted by Gasteiger charge is 2.19. The number of fused-ring (bicyclic) bond motifs is 1. The molecule has 0 amide bonds. The second-order valence-electron chi connectivity index (χ2n) is 3.93. The molecule has 0 aliphatic heterocycles. The molecule has 1 aliphatic rings. The van der Waals surface area contributed by atoms with Crippen LogP contribution in [-0.4, -0.2) is 0 Å². The summed E-state index contributed by atoms with van der Waals surface area (Å²) in [6.45, 7) is 4.28. The van der Waals surface area contributed by atoms with E-state index in [9.17, 15) is 4.39 Å². The number of rotatable bonds is 1. The quantitative estimate of drug-likeness (QED) is 0.706. The van der Waals surface area contributed by atoms with Crippen LogP contribution in [-0.2, 0) is 6.42 Å². The van der Waals surface area contributed by atoms with E-state index in [2.05, 4.69) is 35.9 Å². The molecule has 0 spiro atoms. The molecule has 2 heteroatoms. The molecule has 0 saturated heterocycles. The average Bonchev–Trinajstić information content (AvgIpc) is 2.47. The van der Waals surface area contributed by atoms with Gasteiger partial charge in [0, 0.05) is 4.47 Å². The number of hydrogen-bond acceptors (Lipinski definition) is 0. The zero-order valence-corrected chi connectivity index (χ0v) is 9.86. The molecule has 0 nitrogen and oxygen atoms in total. The van der Waals surface area contributed by atoms with Gasteiger partial charge in [0.15, 0.2) is 0 Å². The summed E-state index contributed by atoms with van der Waals surface area (Å²) in [5, 5.41) is 0. The zero-order valence-electron chi connectivity index (χ0n) is 8.27. The minimum absolute atomic E-state index is 0.163. The summed E-state index contributed by atoms with van der Waals surface area (Å²) >= 11 is 3.40. The number of hydrogen-bond donors (Lipinski definition) is 0. The van der Waals surface area contributed by atoms with Gasteiger partial charge in [-0.25, -0.2) is 4.39 Å². The van der Waals surface area contributed by atoms with E-state index in [4.69, 9.17) is 0 Å². The van der Waals surface area contributed by atoms with Crippen molar-refractivity contribution in [2.24, 2.45) is 5.92 Å². The SMILES string of the molecule is CC(C)C1=CCc2c(Br)cc(F)cc21. The first-order valence-corrected chi connectivity index (χ1v) is 5.57. The highest BCUT2D eigenvalue weighted by atomic mass is 79.9. The lowest BCUT2D eigenvalue weighted by Crippen LogP contribution is -1.94. The Bertz CT molecular complexity index is 405. The number of halogens is 2. The maximum Gasteiger partial charge on any atom is 0.124 e. The Morgan fingerprint density at radius 1 is 1.36 bits per heavy atom. The first kappa shape index (κ1) is 9.91. The van der Waals surface area contributed by atoms with Gasteiger partial charge in [0.2, 0.25) is 0 Å². The zero-order chi connectivity index (χ0) is 10.3. The number of benzene rings is 1. The Hall–Kier alpha value is -0.630. The van der Waals surface area contributed by atoms with Crippen molar-refractivity contribution in [2.75, 3.05) is 0 Å². The second-order valence-corrected chi connectivity index (χ2v) is 4.79. The van der Waals surface area contributed by atoms with Crippen LogP contribution in [0.4, 0.5) is 4.39 Å². The molecule has 0 atom stereocenters. The van der Waals surface area contributed by atoms with Crippen LogP contribution < -0.4 is 0 Å². The topological polar surface area (TPSA) is 0 Å². The van der Waals surface area contributed by atoms with Crippen molar-refractivity contribution in [2.45, 2.75) is 20.3 Å². The van der Waals surface area contributed by atoms with Gasteiger partial charge in [-0.1, -0.05) is 35.9 Å². The van der Waals surface area contributed by atoms with Crippen LogP contribution in [0.1, 0.15) is 25.0 Å². The summed E-state index contributed by atoms with van der Waals surface area (Å²) in [7, 11) is 0. The monoisotopic (exact) mass is 254 g/mol. The van der Waals surface area contributed by atoms with Crippen molar-refractivity contribution >= 4 is 21.5 Å². The van der Waals surface area contributed by atoms with Gasteiger partial charge >= 0.3 is 0 Å². The molecule has 74 valence electrons. The van der Waals surface area contributed by atoms with Crippen LogP contribution in [0.2, 0.25) is 0 Å². The lowest BCUT2D eigenvalue weighted by Gasteiger charge is -2.10. The summed E-state index contributed by atoms with van der Waals surface area (Å²) in [6, 6.07) is 3.18. The Labute approximate surface area is 92.0 Å². The highest BCUT2D eigenvalue weighted by molar-refractivity contribution is 9.10. The minimum Gasteiger partial charge on any atom is -0.207 e. The van der Waals surface area contributed by atoms with Gasteiger partial charge in [0.25, 0.3) is 0 Å². The van der Waals surface area contributed by atoms with Crippen LogP contribution in [0, 0.1) is 11.7 Å². The van der Waals surface area contributed by atoms with Gasteiger partial charge in [-0.05, 0) is 41.2 Å². The van der Waals surface area contributed by atoms with Gasteiger partial charge in [-0.2, -0.15) is 0 Å². The average molecular weight is 255 g/mol. The van der Waals surface area contributed by atoms with E-state index in [0.717, 1.165) is 16.5 Å². The predicted molar refractivity (Wildman–Crippen MR) is 60.6 cm³/mol. The minimum atomic E-state index is -0.163. The van der Waals surface area contributed by atoms with Crippen LogP contribution in [0.3, 0.4) is 0 Å². The smallest absolute Gasteiger partial charge is 0.124 e. The molecule has 1 aromatic carbocycles. The van der Waals surface area contributed by atoms with E-state index >= 15 is 0 Å². The van der Waals surface area contributed by atoms with Gasteiger partial charge in [0.1, 0.15) is 5.82 Å². The summed E-state index contributed by atoms with van der Waals surface area (Å²) in [6.07, 6.45) is 3.11. The lowest BCUT2D eigenvalue weighted by atomic mass is 9.97. The van der Waals surface area contributed by atoms with Crippen molar-refractivity contribution in [3.05, 3.63) is 39.6 Å². The maximum atomic E-state index is 13.2. The van der Waals surface area contributed by atoms with Gasteiger partial charge < -0.3 is 0 Å². The van der Waals surface area contributed by atoms with Crippen LogP contribution in [0.5, 0.6) is 0 Å². The number of allylic oxidation sites excluding steroid dienone is 2. The normalized spacial score (nSPS) is 14.5. The van der Waals surface area contributed by atoms with Gasteiger partial charge in [-0.3, -0.25) is 0 Å². The predicted octanol–water partition coefficient (Wildman–Crippen LogP) is 4.18. The molecule has 0 bridgehead atoms. The van der Waals surface area contributed by atoms with E-state index in [0.29, 0.717) is 5.92 Å². The Balaban J connectivity index is 2.55. The third-order valence-electron chi connectivity index (χ3n) is 2.62. The maximum absolute atomic E-state index is 13.2. The second kappa shape index (κ2) is 3.50. The fourth-order valence-corrected chi connectivity index (χ4v) is 2.53. The molecule has 0 N–H and O–H groups in total. The fourth-order valence-electron chi connectivity index (χ4n) is 1.94. The molecular formula is C12H12BrF. The molecule has 0 unspecified atom stereocenters. The van der Waals surface area contributed by atoms with E-state index in [1.165, 1.54) is 17.2 Å². The Morgan fingerprint density at radius 3 is 2.71 bits per heavy atom.